The van der Waals surface area contributed by atoms with Crippen LogP contribution in [0.5, 0.6) is 0 Å². The summed E-state index contributed by atoms with van der Waals surface area (Å²) in [4.78, 5) is 24.6. The first-order valence-electron chi connectivity index (χ1n) is 11.0. The lowest BCUT2D eigenvalue weighted by molar-refractivity contribution is -0.179. The van der Waals surface area contributed by atoms with Gasteiger partial charge in [0.25, 0.3) is 0 Å². The van der Waals surface area contributed by atoms with Crippen LogP contribution in [0.2, 0.25) is 5.28 Å². The fraction of sp³-hybridized carbons (Fsp3) is 0.318. The summed E-state index contributed by atoms with van der Waals surface area (Å²) in [6.45, 7) is -0.585. The van der Waals surface area contributed by atoms with Crippen molar-refractivity contribution in [2.45, 2.75) is 36.1 Å². The third kappa shape index (κ3) is 4.10. The van der Waals surface area contributed by atoms with E-state index in [4.69, 9.17) is 33.2 Å². The summed E-state index contributed by atoms with van der Waals surface area (Å²) in [6, 6.07) is 8.65. The molecule has 4 heterocycles. The summed E-state index contributed by atoms with van der Waals surface area (Å²) in [5.41, 5.74) is 2.32. The van der Waals surface area contributed by atoms with Crippen LogP contribution in [0.4, 0.5) is 5.82 Å². The molecule has 0 amide bonds. The molecule has 0 bridgehead atoms. The number of terminal acetylenes is 1. The van der Waals surface area contributed by atoms with Crippen molar-refractivity contribution in [1.29, 1.82) is 0 Å². The first-order valence-corrected chi connectivity index (χ1v) is 11.4. The van der Waals surface area contributed by atoms with Crippen LogP contribution in [-0.4, -0.2) is 85.8 Å². The van der Waals surface area contributed by atoms with Crippen molar-refractivity contribution in [3.8, 4) is 12.3 Å². The molecule has 16 heteroatoms. The van der Waals surface area contributed by atoms with Crippen LogP contribution in [0.1, 0.15) is 17.6 Å². The van der Waals surface area contributed by atoms with E-state index in [0.717, 1.165) is 0 Å². The number of nitrogens with two attached hydrogens (primary N) is 1. The highest BCUT2D eigenvalue weighted by molar-refractivity contribution is 6.28. The Bertz CT molecular complexity index is 1510. The molecule has 3 aromatic heterocycles. The number of carbonyl (C=O) groups is 1. The Labute approximate surface area is 218 Å². The van der Waals surface area contributed by atoms with E-state index in [1.165, 1.54) is 10.9 Å². The minimum Gasteiger partial charge on any atom is -0.479 e. The Morgan fingerprint density at radius 2 is 2.13 bits per heavy atom. The maximum atomic E-state index is 12.6. The Kier molecular flexibility index (Phi) is 6.42. The lowest BCUT2D eigenvalue weighted by Crippen LogP contribution is -2.51. The van der Waals surface area contributed by atoms with Gasteiger partial charge in [0.05, 0.1) is 12.9 Å². The topological polar surface area (TPSA) is 220 Å². The van der Waals surface area contributed by atoms with Gasteiger partial charge in [-0.15, -0.1) is 11.5 Å². The highest BCUT2D eigenvalue weighted by Gasteiger charge is 2.57. The van der Waals surface area contributed by atoms with Crippen molar-refractivity contribution in [3.05, 3.63) is 53.3 Å². The number of carboxylic acid groups (broad SMARTS) is 1. The number of anilines is 1. The number of hydrogen-bond acceptors (Lipinski definition) is 12. The largest absolute Gasteiger partial charge is 0.479 e. The molecule has 1 aliphatic rings. The number of ether oxygens (including phenoxy) is 2. The number of nitrogen functional groups attached to an aromatic ring is 1. The number of rotatable bonds is 8. The molecule has 1 aliphatic heterocycles. The van der Waals surface area contributed by atoms with Crippen LogP contribution in [-0.2, 0) is 26.3 Å². The predicted octanol–water partition coefficient (Wildman–Crippen LogP) is -0.563. The van der Waals surface area contributed by atoms with E-state index in [1.54, 1.807) is 30.3 Å². The van der Waals surface area contributed by atoms with E-state index in [9.17, 15) is 20.1 Å². The fourth-order valence-corrected chi connectivity index (χ4v) is 4.46. The number of aliphatic hydroxyl groups is 2. The first kappa shape index (κ1) is 25.4. The van der Waals surface area contributed by atoms with Gasteiger partial charge in [-0.05, 0) is 27.6 Å². The number of halogens is 1. The Balaban J connectivity index is 1.48. The number of tetrazole rings is 1. The van der Waals surface area contributed by atoms with E-state index >= 15 is 0 Å². The number of fused-ring (bicyclic) bond motifs is 1. The van der Waals surface area contributed by atoms with E-state index in [0.29, 0.717) is 5.56 Å². The molecule has 38 heavy (non-hydrogen) atoms. The Morgan fingerprint density at radius 3 is 2.79 bits per heavy atom. The Morgan fingerprint density at radius 1 is 1.37 bits per heavy atom. The number of nitrogens with zero attached hydrogens (tertiary/aromatic N) is 7. The summed E-state index contributed by atoms with van der Waals surface area (Å²) in [5, 5.41) is 45.5. The van der Waals surface area contributed by atoms with Gasteiger partial charge in [0.1, 0.15) is 17.7 Å². The average Bonchev–Trinajstić information content (AvgIpc) is 3.63. The lowest BCUT2D eigenvalue weighted by Gasteiger charge is -2.31. The van der Waals surface area contributed by atoms with Crippen LogP contribution in [0, 0.1) is 12.3 Å². The summed E-state index contributed by atoms with van der Waals surface area (Å²) < 4.78 is 13.1. The maximum absolute atomic E-state index is 12.6. The number of aliphatic carboxylic acids is 1. The summed E-state index contributed by atoms with van der Waals surface area (Å²) in [7, 11) is 0. The zero-order valence-corrected chi connectivity index (χ0v) is 20.1. The molecular weight excluding hydrogens is 522 g/mol. The Hall–Kier alpha value is -4.20. The van der Waals surface area contributed by atoms with Gasteiger partial charge in [-0.3, -0.25) is 4.57 Å². The second-order valence-corrected chi connectivity index (χ2v) is 8.83. The van der Waals surface area contributed by atoms with Crippen LogP contribution in [0.15, 0.2) is 36.7 Å². The number of nitrogens with one attached hydrogen (secondary N) is 1. The number of benzene rings is 1. The van der Waals surface area contributed by atoms with Gasteiger partial charge >= 0.3 is 5.97 Å². The first-order chi connectivity index (χ1) is 18.2. The molecule has 15 nitrogen and oxygen atoms in total. The van der Waals surface area contributed by atoms with Crippen molar-refractivity contribution < 1.29 is 29.6 Å². The number of imidazole rings is 1. The van der Waals surface area contributed by atoms with Crippen molar-refractivity contribution in [1.82, 2.24) is 40.1 Å². The standard InChI is InChI=1S/C22H20ClN9O6/c1-2-21(36)12(38-17(14(21)33)32-10-25-13-15(24)26-20(23)27-16(13)32)9-37-22(19(34)35,18-28-30-31-29-18)8-11-6-4-3-5-7-11/h1,3-7,10,12,14,17,33,36H,8-9H2,(H,34,35)(H2,24,26,27)(H,28,29,30,31)/t12-,14+,17-,21-,22+/m1/s1. The molecule has 1 aromatic carbocycles. The average molecular weight is 542 g/mol. The number of aliphatic hydroxyl groups excluding tert-OH is 1. The molecule has 0 aliphatic carbocycles. The molecule has 0 saturated carbocycles. The molecule has 0 radical (unpaired) electrons. The number of hydrogen-bond donors (Lipinski definition) is 5. The van der Waals surface area contributed by atoms with E-state index in [-0.39, 0.29) is 34.5 Å². The molecule has 5 rings (SSSR count). The molecule has 0 spiro atoms. The second-order valence-electron chi connectivity index (χ2n) is 8.49. The SMILES string of the molecule is C#C[C@@]1(O)[C@@H](CO[C@](Cc2ccccc2)(C(=O)O)c2nnn[nH]2)O[C@@H](n2cnc3c(N)nc(Cl)nc32)[C@@H]1O. The quantitative estimate of drug-likeness (QED) is 0.139. The molecule has 5 atom stereocenters. The van der Waals surface area contributed by atoms with Gasteiger partial charge < -0.3 is 30.5 Å². The molecular formula is C22H20ClN9O6. The second kappa shape index (κ2) is 9.59. The normalized spacial score (nSPS) is 24.7. The molecule has 1 fully saturated rings. The van der Waals surface area contributed by atoms with Crippen molar-refractivity contribution in [2.75, 3.05) is 12.3 Å². The smallest absolute Gasteiger partial charge is 0.344 e. The maximum Gasteiger partial charge on any atom is 0.344 e. The molecule has 0 unspecified atom stereocenters. The number of aromatic amines is 1. The van der Waals surface area contributed by atoms with Gasteiger partial charge in [-0.1, -0.05) is 36.3 Å². The third-order valence-electron chi connectivity index (χ3n) is 6.29. The zero-order chi connectivity index (χ0) is 27.1. The van der Waals surface area contributed by atoms with E-state index in [1.807, 2.05) is 0 Å². The van der Waals surface area contributed by atoms with Gasteiger partial charge in [0.2, 0.25) is 10.9 Å². The number of aromatic nitrogens is 8. The van der Waals surface area contributed by atoms with Crippen LogP contribution < -0.4 is 5.73 Å². The summed E-state index contributed by atoms with van der Waals surface area (Å²) in [5.74, 6) is 0.519. The zero-order valence-electron chi connectivity index (χ0n) is 19.3. The van der Waals surface area contributed by atoms with Crippen molar-refractivity contribution in [2.24, 2.45) is 0 Å². The van der Waals surface area contributed by atoms with Gasteiger partial charge in [-0.25, -0.2) is 14.9 Å². The minimum atomic E-state index is -2.31. The van der Waals surface area contributed by atoms with Gasteiger partial charge in [-0.2, -0.15) is 9.97 Å². The molecule has 6 N–H and O–H groups in total. The third-order valence-corrected chi connectivity index (χ3v) is 6.46. The number of carboxylic acids is 1. The van der Waals surface area contributed by atoms with Crippen LogP contribution in [0.25, 0.3) is 11.2 Å². The molecule has 1 saturated heterocycles. The van der Waals surface area contributed by atoms with Crippen molar-refractivity contribution in [3.63, 3.8) is 0 Å². The predicted molar refractivity (Wildman–Crippen MR) is 128 cm³/mol. The highest BCUT2D eigenvalue weighted by atomic mass is 35.5. The summed E-state index contributed by atoms with van der Waals surface area (Å²) >= 11 is 5.93. The lowest BCUT2D eigenvalue weighted by atomic mass is 9.91. The minimum absolute atomic E-state index is 0.00819. The fourth-order valence-electron chi connectivity index (χ4n) is 4.29. The van der Waals surface area contributed by atoms with E-state index in [2.05, 4.69) is 41.5 Å². The van der Waals surface area contributed by atoms with Crippen molar-refractivity contribution >= 4 is 34.6 Å². The van der Waals surface area contributed by atoms with E-state index < -0.39 is 42.2 Å². The molecule has 4 aromatic rings. The highest BCUT2D eigenvalue weighted by Crippen LogP contribution is 2.40. The van der Waals surface area contributed by atoms with Gasteiger partial charge in [0, 0.05) is 6.42 Å². The number of H-pyrrole nitrogens is 1. The van der Waals surface area contributed by atoms with Crippen LogP contribution >= 0.6 is 11.6 Å². The summed E-state index contributed by atoms with van der Waals surface area (Å²) in [6.07, 6.45) is 2.23. The van der Waals surface area contributed by atoms with Crippen LogP contribution in [0.3, 0.4) is 0 Å². The van der Waals surface area contributed by atoms with Gasteiger partial charge in [0.15, 0.2) is 29.1 Å². The molecule has 196 valence electrons. The monoisotopic (exact) mass is 541 g/mol.